The van der Waals surface area contributed by atoms with Gasteiger partial charge in [-0.3, -0.25) is 9.59 Å². The van der Waals surface area contributed by atoms with Crippen LogP contribution < -0.4 is 10.1 Å². The van der Waals surface area contributed by atoms with Gasteiger partial charge >= 0.3 is 0 Å². The molecule has 162 valence electrons. The van der Waals surface area contributed by atoms with Gasteiger partial charge in [0.25, 0.3) is 0 Å². The molecule has 0 saturated carbocycles. The number of nitrogens with one attached hydrogen (secondary N) is 3. The minimum Gasteiger partial charge on any atom is -0.496 e. The van der Waals surface area contributed by atoms with Gasteiger partial charge in [-0.15, -0.1) is 0 Å². The van der Waals surface area contributed by atoms with Crippen molar-refractivity contribution in [3.8, 4) is 11.8 Å². The van der Waals surface area contributed by atoms with Gasteiger partial charge in [0, 0.05) is 41.6 Å². The van der Waals surface area contributed by atoms with Crippen molar-refractivity contribution in [2.24, 2.45) is 11.8 Å². The molecule has 1 amide bonds. The second kappa shape index (κ2) is 9.94. The van der Waals surface area contributed by atoms with E-state index >= 15 is 0 Å². The normalized spacial score (nSPS) is 13.0. The molecule has 0 aliphatic heterocycles. The van der Waals surface area contributed by atoms with Crippen LogP contribution in [0.25, 0.3) is 10.9 Å². The van der Waals surface area contributed by atoms with Gasteiger partial charge < -0.3 is 20.0 Å². The summed E-state index contributed by atoms with van der Waals surface area (Å²) >= 11 is 0. The van der Waals surface area contributed by atoms with Crippen molar-refractivity contribution >= 4 is 22.6 Å². The zero-order valence-corrected chi connectivity index (χ0v) is 17.9. The van der Waals surface area contributed by atoms with Gasteiger partial charge in [-0.1, -0.05) is 19.9 Å². The van der Waals surface area contributed by atoms with E-state index in [9.17, 15) is 14.9 Å². The van der Waals surface area contributed by atoms with Crippen molar-refractivity contribution in [3.63, 3.8) is 0 Å². The van der Waals surface area contributed by atoms with E-state index in [0.717, 1.165) is 16.6 Å². The predicted molar refractivity (Wildman–Crippen MR) is 117 cm³/mol. The summed E-state index contributed by atoms with van der Waals surface area (Å²) in [5.74, 6) is -0.0687. The standard InChI is InChI=1S/C23H27N5O3/c1-14(2)7-15(23(30)27-16(11-24)9-17-12-25-13-26-17)8-21(29)20-10-18-19(28-20)5-4-6-22(18)31-3/h4-6,10,12-16,28H,7-9H2,1-3H3,(H,25,26)(H,27,30)/t15-,16+/m1/s1. The van der Waals surface area contributed by atoms with Crippen molar-refractivity contribution in [1.29, 1.82) is 5.26 Å². The summed E-state index contributed by atoms with van der Waals surface area (Å²) in [5.41, 5.74) is 2.00. The van der Waals surface area contributed by atoms with Gasteiger partial charge in [0.15, 0.2) is 5.78 Å². The molecule has 2 heterocycles. The highest BCUT2D eigenvalue weighted by Crippen LogP contribution is 2.27. The van der Waals surface area contributed by atoms with Crippen LogP contribution in [0.15, 0.2) is 36.8 Å². The van der Waals surface area contributed by atoms with Crippen molar-refractivity contribution in [1.82, 2.24) is 20.3 Å². The van der Waals surface area contributed by atoms with Crippen LogP contribution in [0, 0.1) is 23.2 Å². The Bertz CT molecular complexity index is 1080. The maximum absolute atomic E-state index is 13.0. The Balaban J connectivity index is 1.73. The number of carbonyl (C=O) groups is 2. The van der Waals surface area contributed by atoms with Gasteiger partial charge in [0.1, 0.15) is 11.8 Å². The lowest BCUT2D eigenvalue weighted by Crippen LogP contribution is -2.40. The number of hydrogen-bond acceptors (Lipinski definition) is 5. The minimum absolute atomic E-state index is 0.0569. The molecule has 3 N–H and O–H groups in total. The van der Waals surface area contributed by atoms with Crippen LogP contribution in [0.4, 0.5) is 0 Å². The van der Waals surface area contributed by atoms with Crippen LogP contribution in [0.1, 0.15) is 42.9 Å². The SMILES string of the molecule is COc1cccc2[nH]c(C(=O)C[C@@H](CC(C)C)C(=O)N[C@H](C#N)Cc3cnc[nH]3)cc12. The Labute approximate surface area is 181 Å². The van der Waals surface area contributed by atoms with E-state index in [2.05, 4.69) is 26.3 Å². The Morgan fingerprint density at radius 3 is 2.77 bits per heavy atom. The highest BCUT2D eigenvalue weighted by molar-refractivity contribution is 6.02. The molecule has 2 aromatic heterocycles. The summed E-state index contributed by atoms with van der Waals surface area (Å²) in [6, 6.07) is 8.73. The third kappa shape index (κ3) is 5.51. The lowest BCUT2D eigenvalue weighted by Gasteiger charge is -2.20. The maximum Gasteiger partial charge on any atom is 0.224 e. The van der Waals surface area contributed by atoms with Gasteiger partial charge in [0.05, 0.1) is 25.2 Å². The van der Waals surface area contributed by atoms with Gasteiger partial charge in [-0.2, -0.15) is 5.26 Å². The molecule has 8 heteroatoms. The fourth-order valence-electron chi connectivity index (χ4n) is 3.68. The number of carbonyl (C=O) groups excluding carboxylic acids is 2. The van der Waals surface area contributed by atoms with Crippen LogP contribution in [0.5, 0.6) is 5.75 Å². The number of H-pyrrole nitrogens is 2. The summed E-state index contributed by atoms with van der Waals surface area (Å²) in [7, 11) is 1.58. The molecule has 0 aliphatic rings. The molecule has 0 fully saturated rings. The highest BCUT2D eigenvalue weighted by Gasteiger charge is 2.26. The first-order valence-corrected chi connectivity index (χ1v) is 10.3. The van der Waals surface area contributed by atoms with Crippen molar-refractivity contribution in [2.75, 3.05) is 7.11 Å². The number of amides is 1. The maximum atomic E-state index is 13.0. The molecule has 2 atom stereocenters. The third-order valence-electron chi connectivity index (χ3n) is 5.15. The van der Waals surface area contributed by atoms with Crippen molar-refractivity contribution in [3.05, 3.63) is 48.2 Å². The lowest BCUT2D eigenvalue weighted by molar-refractivity contribution is -0.125. The van der Waals surface area contributed by atoms with Gasteiger partial charge in [0.2, 0.25) is 5.91 Å². The Hall–Kier alpha value is -3.60. The fraction of sp³-hybridized carbons (Fsp3) is 0.391. The van der Waals surface area contributed by atoms with Crippen molar-refractivity contribution < 1.29 is 14.3 Å². The minimum atomic E-state index is -0.699. The molecule has 3 rings (SSSR count). The molecule has 3 aromatic rings. The molecular formula is C23H27N5O3. The average molecular weight is 422 g/mol. The molecule has 0 bridgehead atoms. The van der Waals surface area contributed by atoms with Gasteiger partial charge in [-0.05, 0) is 30.5 Å². The smallest absolute Gasteiger partial charge is 0.224 e. The molecule has 0 aliphatic carbocycles. The lowest BCUT2D eigenvalue weighted by atomic mass is 9.90. The molecule has 0 saturated heterocycles. The summed E-state index contributed by atoms with van der Waals surface area (Å²) in [5, 5.41) is 13.0. The first-order valence-electron chi connectivity index (χ1n) is 10.3. The van der Waals surface area contributed by atoms with Gasteiger partial charge in [-0.25, -0.2) is 4.98 Å². The van der Waals surface area contributed by atoms with E-state index < -0.39 is 12.0 Å². The van der Waals surface area contributed by atoms with E-state index in [1.54, 1.807) is 19.4 Å². The number of fused-ring (bicyclic) bond motifs is 1. The molecule has 8 nitrogen and oxygen atoms in total. The number of Topliss-reactive ketones (excluding diaryl/α,β-unsaturated/α-hetero) is 1. The number of aromatic nitrogens is 3. The fourth-order valence-corrected chi connectivity index (χ4v) is 3.68. The zero-order chi connectivity index (χ0) is 22.4. The van der Waals surface area contributed by atoms with Crippen LogP contribution in [-0.4, -0.2) is 39.8 Å². The topological polar surface area (TPSA) is 124 Å². The van der Waals surface area contributed by atoms with Crippen LogP contribution >= 0.6 is 0 Å². The molecular weight excluding hydrogens is 394 g/mol. The molecule has 0 spiro atoms. The summed E-state index contributed by atoms with van der Waals surface area (Å²) < 4.78 is 5.36. The second-order valence-electron chi connectivity index (χ2n) is 8.03. The Morgan fingerprint density at radius 1 is 1.32 bits per heavy atom. The Kier molecular flexibility index (Phi) is 7.08. The first kappa shape index (κ1) is 22.1. The summed E-state index contributed by atoms with van der Waals surface area (Å²) in [6.07, 6.45) is 4.08. The summed E-state index contributed by atoms with van der Waals surface area (Å²) in [6.45, 7) is 4.01. The van der Waals surface area contributed by atoms with E-state index in [0.29, 0.717) is 24.3 Å². The Morgan fingerprint density at radius 2 is 2.13 bits per heavy atom. The number of nitriles is 1. The first-order chi connectivity index (χ1) is 14.9. The van der Waals surface area contributed by atoms with Crippen LogP contribution in [0.3, 0.4) is 0 Å². The number of methoxy groups -OCH3 is 1. The number of hydrogen-bond donors (Lipinski definition) is 3. The summed E-state index contributed by atoms with van der Waals surface area (Å²) in [4.78, 5) is 35.9. The second-order valence-corrected chi connectivity index (χ2v) is 8.03. The number of ketones is 1. The number of aromatic amines is 2. The predicted octanol–water partition coefficient (Wildman–Crippen LogP) is 3.39. The quantitative estimate of drug-likeness (QED) is 0.433. The van der Waals surface area contributed by atoms with E-state index in [1.807, 2.05) is 32.0 Å². The van der Waals surface area contributed by atoms with E-state index in [-0.39, 0.29) is 24.0 Å². The number of nitrogens with zero attached hydrogens (tertiary/aromatic N) is 2. The number of benzene rings is 1. The van der Waals surface area contributed by atoms with Crippen molar-refractivity contribution in [2.45, 2.75) is 39.2 Å². The zero-order valence-electron chi connectivity index (χ0n) is 17.9. The molecule has 1 aromatic carbocycles. The van der Waals surface area contributed by atoms with Crippen LogP contribution in [0.2, 0.25) is 0 Å². The number of rotatable bonds is 10. The molecule has 0 radical (unpaired) electrons. The largest absolute Gasteiger partial charge is 0.496 e. The van der Waals surface area contributed by atoms with E-state index in [1.165, 1.54) is 6.33 Å². The molecule has 0 unspecified atom stereocenters. The average Bonchev–Trinajstić information content (AvgIpc) is 3.41. The van der Waals surface area contributed by atoms with Crippen LogP contribution in [-0.2, 0) is 11.2 Å². The highest BCUT2D eigenvalue weighted by atomic mass is 16.5. The monoisotopic (exact) mass is 421 g/mol. The van der Waals surface area contributed by atoms with E-state index in [4.69, 9.17) is 4.74 Å². The third-order valence-corrected chi connectivity index (χ3v) is 5.15. The number of imidazole rings is 1. The number of ether oxygens (including phenoxy) is 1. The molecule has 31 heavy (non-hydrogen) atoms.